The molecule has 20 heavy (non-hydrogen) atoms. The van der Waals surface area contributed by atoms with E-state index in [1.807, 2.05) is 26.0 Å². The van der Waals surface area contributed by atoms with Gasteiger partial charge >= 0.3 is 0 Å². The Labute approximate surface area is 131 Å². The highest BCUT2D eigenvalue weighted by molar-refractivity contribution is 6.30. The lowest BCUT2D eigenvalue weighted by Crippen LogP contribution is -2.45. The zero-order valence-corrected chi connectivity index (χ0v) is 13.3. The number of nitrogens with one attached hydrogen (secondary N) is 1. The molecule has 2 unspecified atom stereocenters. The highest BCUT2D eigenvalue weighted by Gasteiger charge is 2.18. The molecule has 0 heterocycles. The Morgan fingerprint density at radius 3 is 2.80 bits per heavy atom. The number of amides is 1. The van der Waals surface area contributed by atoms with E-state index in [2.05, 4.69) is 5.32 Å². The standard InChI is InChI=1S/C14H21ClN2O2.ClH/c1-3-10(2)13(16)14(18)17-7-8-19-12-6-4-5-11(15)9-12;/h4-6,9-10,13H,3,7-8,16H2,1-2H3,(H,17,18);1H. The van der Waals surface area contributed by atoms with Gasteiger partial charge in [-0.1, -0.05) is 37.9 Å². The van der Waals surface area contributed by atoms with Gasteiger partial charge < -0.3 is 15.8 Å². The van der Waals surface area contributed by atoms with Gasteiger partial charge in [0.15, 0.2) is 0 Å². The first-order chi connectivity index (χ1) is 9.04. The second-order valence-electron chi connectivity index (χ2n) is 4.51. The number of carbonyl (C=O) groups excluding carboxylic acids is 1. The second kappa shape index (κ2) is 9.86. The molecule has 0 fully saturated rings. The lowest BCUT2D eigenvalue weighted by Gasteiger charge is -2.17. The van der Waals surface area contributed by atoms with Crippen molar-refractivity contribution < 1.29 is 9.53 Å². The molecule has 1 amide bonds. The van der Waals surface area contributed by atoms with Crippen LogP contribution in [-0.2, 0) is 4.79 Å². The number of halogens is 2. The number of hydrogen-bond acceptors (Lipinski definition) is 3. The Morgan fingerprint density at radius 2 is 2.20 bits per heavy atom. The summed E-state index contributed by atoms with van der Waals surface area (Å²) < 4.78 is 5.46. The SMILES string of the molecule is CCC(C)C(N)C(=O)NCCOc1cccc(Cl)c1.Cl. The number of rotatable bonds is 7. The van der Waals surface area contributed by atoms with Gasteiger partial charge in [-0.05, 0) is 24.1 Å². The molecule has 4 nitrogen and oxygen atoms in total. The minimum atomic E-state index is -0.462. The quantitative estimate of drug-likeness (QED) is 0.759. The van der Waals surface area contributed by atoms with Crippen LogP contribution in [0.3, 0.4) is 0 Å². The van der Waals surface area contributed by atoms with Crippen LogP contribution in [0.15, 0.2) is 24.3 Å². The monoisotopic (exact) mass is 320 g/mol. The molecule has 0 aliphatic heterocycles. The first-order valence-electron chi connectivity index (χ1n) is 6.46. The average molecular weight is 321 g/mol. The molecule has 0 aliphatic rings. The average Bonchev–Trinajstić information content (AvgIpc) is 2.41. The highest BCUT2D eigenvalue weighted by Crippen LogP contribution is 2.16. The number of carbonyl (C=O) groups is 1. The number of ether oxygens (including phenoxy) is 1. The van der Waals surface area contributed by atoms with E-state index in [9.17, 15) is 4.79 Å². The minimum absolute atomic E-state index is 0. The summed E-state index contributed by atoms with van der Waals surface area (Å²) >= 11 is 5.83. The van der Waals surface area contributed by atoms with Crippen molar-refractivity contribution in [2.24, 2.45) is 11.7 Å². The Morgan fingerprint density at radius 1 is 1.50 bits per heavy atom. The first kappa shape index (κ1) is 19.0. The maximum absolute atomic E-state index is 11.7. The topological polar surface area (TPSA) is 64.4 Å². The summed E-state index contributed by atoms with van der Waals surface area (Å²) in [7, 11) is 0. The maximum atomic E-state index is 11.7. The predicted molar refractivity (Wildman–Crippen MR) is 84.6 cm³/mol. The Bertz CT molecular complexity index is 416. The van der Waals surface area contributed by atoms with Gasteiger partial charge in [0.2, 0.25) is 5.91 Å². The fraction of sp³-hybridized carbons (Fsp3) is 0.500. The van der Waals surface area contributed by atoms with Crippen molar-refractivity contribution in [3.05, 3.63) is 29.3 Å². The zero-order chi connectivity index (χ0) is 14.3. The smallest absolute Gasteiger partial charge is 0.237 e. The lowest BCUT2D eigenvalue weighted by molar-refractivity contribution is -0.123. The molecule has 0 aliphatic carbocycles. The van der Waals surface area contributed by atoms with E-state index in [1.165, 1.54) is 0 Å². The molecule has 0 spiro atoms. The highest BCUT2D eigenvalue weighted by atomic mass is 35.5. The van der Waals surface area contributed by atoms with Crippen LogP contribution in [0.4, 0.5) is 0 Å². The van der Waals surface area contributed by atoms with Crippen molar-refractivity contribution in [3.8, 4) is 5.75 Å². The Kier molecular flexibility index (Phi) is 9.38. The summed E-state index contributed by atoms with van der Waals surface area (Å²) in [6, 6.07) is 6.68. The fourth-order valence-corrected chi connectivity index (χ4v) is 1.71. The molecule has 0 saturated heterocycles. The molecule has 1 rings (SSSR count). The van der Waals surface area contributed by atoms with Gasteiger partial charge in [0.25, 0.3) is 0 Å². The number of benzene rings is 1. The fourth-order valence-electron chi connectivity index (χ4n) is 1.53. The molecule has 1 aromatic carbocycles. The van der Waals surface area contributed by atoms with Gasteiger partial charge in [-0.3, -0.25) is 4.79 Å². The zero-order valence-electron chi connectivity index (χ0n) is 11.8. The van der Waals surface area contributed by atoms with E-state index >= 15 is 0 Å². The third-order valence-electron chi connectivity index (χ3n) is 3.03. The van der Waals surface area contributed by atoms with Gasteiger partial charge in [-0.15, -0.1) is 12.4 Å². The van der Waals surface area contributed by atoms with E-state index in [4.69, 9.17) is 22.1 Å². The molecule has 6 heteroatoms. The lowest BCUT2D eigenvalue weighted by atomic mass is 9.99. The van der Waals surface area contributed by atoms with E-state index in [-0.39, 0.29) is 24.2 Å². The van der Waals surface area contributed by atoms with Crippen molar-refractivity contribution in [2.45, 2.75) is 26.3 Å². The summed E-state index contributed by atoms with van der Waals surface area (Å²) in [4.78, 5) is 11.7. The van der Waals surface area contributed by atoms with Gasteiger partial charge in [-0.25, -0.2) is 0 Å². The third-order valence-corrected chi connectivity index (χ3v) is 3.26. The van der Waals surface area contributed by atoms with E-state index in [0.29, 0.717) is 23.9 Å². The predicted octanol–water partition coefficient (Wildman–Crippen LogP) is 2.63. The molecule has 1 aromatic rings. The van der Waals surface area contributed by atoms with Crippen LogP contribution in [0.5, 0.6) is 5.75 Å². The van der Waals surface area contributed by atoms with Crippen LogP contribution in [0, 0.1) is 5.92 Å². The third kappa shape index (κ3) is 6.46. The largest absolute Gasteiger partial charge is 0.492 e. The van der Waals surface area contributed by atoms with Gasteiger partial charge in [0.1, 0.15) is 12.4 Å². The Hall–Kier alpha value is -0.970. The number of nitrogens with two attached hydrogens (primary N) is 1. The van der Waals surface area contributed by atoms with E-state index in [0.717, 1.165) is 6.42 Å². The Balaban J connectivity index is 0.00000361. The molecule has 114 valence electrons. The maximum Gasteiger partial charge on any atom is 0.237 e. The van der Waals surface area contributed by atoms with Gasteiger partial charge in [0.05, 0.1) is 12.6 Å². The molecule has 2 atom stereocenters. The molecule has 0 radical (unpaired) electrons. The van der Waals surface area contributed by atoms with Crippen LogP contribution < -0.4 is 15.8 Å². The van der Waals surface area contributed by atoms with Crippen LogP contribution >= 0.6 is 24.0 Å². The van der Waals surface area contributed by atoms with E-state index in [1.54, 1.807) is 12.1 Å². The van der Waals surface area contributed by atoms with Crippen LogP contribution in [0.1, 0.15) is 20.3 Å². The summed E-state index contributed by atoms with van der Waals surface area (Å²) in [5.41, 5.74) is 5.81. The van der Waals surface area contributed by atoms with Crippen molar-refractivity contribution in [1.82, 2.24) is 5.32 Å². The van der Waals surface area contributed by atoms with Gasteiger partial charge in [-0.2, -0.15) is 0 Å². The first-order valence-corrected chi connectivity index (χ1v) is 6.84. The summed E-state index contributed by atoms with van der Waals surface area (Å²) in [5, 5.41) is 3.39. The van der Waals surface area contributed by atoms with Crippen molar-refractivity contribution >= 4 is 29.9 Å². The second-order valence-corrected chi connectivity index (χ2v) is 4.94. The van der Waals surface area contributed by atoms with Crippen molar-refractivity contribution in [3.63, 3.8) is 0 Å². The van der Waals surface area contributed by atoms with Crippen LogP contribution in [0.25, 0.3) is 0 Å². The van der Waals surface area contributed by atoms with E-state index < -0.39 is 6.04 Å². The molecule has 3 N–H and O–H groups in total. The molecule has 0 saturated carbocycles. The molecule has 0 aromatic heterocycles. The minimum Gasteiger partial charge on any atom is -0.492 e. The van der Waals surface area contributed by atoms with Crippen LogP contribution in [0.2, 0.25) is 5.02 Å². The molecular weight excluding hydrogens is 299 g/mol. The summed E-state index contributed by atoms with van der Waals surface area (Å²) in [5.74, 6) is 0.728. The number of hydrogen-bond donors (Lipinski definition) is 2. The normalized spacial score (nSPS) is 13.0. The molecular formula is C14H22Cl2N2O2. The van der Waals surface area contributed by atoms with Crippen molar-refractivity contribution in [1.29, 1.82) is 0 Å². The van der Waals surface area contributed by atoms with Gasteiger partial charge in [0, 0.05) is 5.02 Å². The van der Waals surface area contributed by atoms with Crippen molar-refractivity contribution in [2.75, 3.05) is 13.2 Å². The summed E-state index contributed by atoms with van der Waals surface area (Å²) in [6.07, 6.45) is 0.883. The van der Waals surface area contributed by atoms with Crippen LogP contribution in [-0.4, -0.2) is 25.1 Å². The summed E-state index contributed by atoms with van der Waals surface area (Å²) in [6.45, 7) is 4.79. The molecule has 0 bridgehead atoms.